The molecule has 0 aliphatic carbocycles. The highest BCUT2D eigenvalue weighted by molar-refractivity contribution is 4.78. The van der Waals surface area contributed by atoms with Crippen LogP contribution < -0.4 is 5.32 Å². The van der Waals surface area contributed by atoms with E-state index in [1.54, 1.807) is 0 Å². The molecule has 0 aromatic carbocycles. The molecule has 0 aromatic heterocycles. The molecule has 0 bridgehead atoms. The van der Waals surface area contributed by atoms with Crippen LogP contribution in [0.25, 0.3) is 0 Å². The van der Waals surface area contributed by atoms with Crippen LogP contribution in [-0.4, -0.2) is 61.7 Å². The van der Waals surface area contributed by atoms with Crippen LogP contribution in [-0.2, 0) is 0 Å². The average Bonchev–Trinajstić information content (AvgIpc) is 2.42. The molecule has 1 saturated heterocycles. The van der Waals surface area contributed by atoms with Gasteiger partial charge in [-0.05, 0) is 52.7 Å². The van der Waals surface area contributed by atoms with Crippen LogP contribution in [0.3, 0.4) is 0 Å². The second-order valence-corrected chi connectivity index (χ2v) is 6.19. The van der Waals surface area contributed by atoms with E-state index in [4.69, 9.17) is 0 Å². The predicted molar refractivity (Wildman–Crippen MR) is 84.8 cm³/mol. The summed E-state index contributed by atoms with van der Waals surface area (Å²) in [5, 5.41) is 3.57. The largest absolute Gasteiger partial charge is 0.314 e. The summed E-state index contributed by atoms with van der Waals surface area (Å²) in [6.07, 6.45) is 6.57. The monoisotopic (exact) mass is 269 g/mol. The highest BCUT2D eigenvalue weighted by Gasteiger charge is 2.21. The van der Waals surface area contributed by atoms with Crippen molar-refractivity contribution in [3.05, 3.63) is 0 Å². The summed E-state index contributed by atoms with van der Waals surface area (Å²) >= 11 is 0. The van der Waals surface area contributed by atoms with E-state index in [0.717, 1.165) is 12.6 Å². The van der Waals surface area contributed by atoms with Crippen molar-refractivity contribution in [3.8, 4) is 0 Å². The lowest BCUT2D eigenvalue weighted by molar-refractivity contribution is 0.0918. The Morgan fingerprint density at radius 2 is 2.00 bits per heavy atom. The Kier molecular flexibility index (Phi) is 8.67. The molecule has 3 nitrogen and oxygen atoms in total. The van der Waals surface area contributed by atoms with Gasteiger partial charge in [-0.3, -0.25) is 0 Å². The van der Waals surface area contributed by atoms with Crippen molar-refractivity contribution < 1.29 is 0 Å². The van der Waals surface area contributed by atoms with E-state index in [-0.39, 0.29) is 0 Å². The number of unbranched alkanes of at least 4 members (excludes halogenated alkanes) is 1. The molecule has 2 atom stereocenters. The van der Waals surface area contributed by atoms with E-state index in [0.29, 0.717) is 6.04 Å². The van der Waals surface area contributed by atoms with Crippen LogP contribution in [0.5, 0.6) is 0 Å². The van der Waals surface area contributed by atoms with Crippen molar-refractivity contribution in [1.82, 2.24) is 15.1 Å². The molecule has 19 heavy (non-hydrogen) atoms. The molecule has 3 heteroatoms. The zero-order chi connectivity index (χ0) is 14.1. The summed E-state index contributed by atoms with van der Waals surface area (Å²) in [6.45, 7) is 13.1. The lowest BCUT2D eigenvalue weighted by Gasteiger charge is -2.39. The maximum atomic E-state index is 3.57. The zero-order valence-corrected chi connectivity index (χ0v) is 13.6. The van der Waals surface area contributed by atoms with Gasteiger partial charge in [-0.2, -0.15) is 0 Å². The van der Waals surface area contributed by atoms with E-state index in [1.165, 1.54) is 58.3 Å². The molecule has 1 fully saturated rings. The van der Waals surface area contributed by atoms with Gasteiger partial charge in [0, 0.05) is 31.7 Å². The summed E-state index contributed by atoms with van der Waals surface area (Å²) in [5.74, 6) is 0. The first kappa shape index (κ1) is 16.9. The fraction of sp³-hybridized carbons (Fsp3) is 1.00. The van der Waals surface area contributed by atoms with Crippen molar-refractivity contribution in [3.63, 3.8) is 0 Å². The molecule has 1 N–H and O–H groups in total. The molecule has 1 rings (SSSR count). The summed E-state index contributed by atoms with van der Waals surface area (Å²) in [7, 11) is 2.27. The molecule has 114 valence electrons. The topological polar surface area (TPSA) is 18.5 Å². The molecule has 1 heterocycles. The highest BCUT2D eigenvalue weighted by Crippen LogP contribution is 2.12. The summed E-state index contributed by atoms with van der Waals surface area (Å²) in [4.78, 5) is 5.19. The molecule has 0 spiro atoms. The minimum absolute atomic E-state index is 0.691. The fourth-order valence-electron chi connectivity index (χ4n) is 2.93. The molecule has 2 unspecified atom stereocenters. The first-order chi connectivity index (χ1) is 9.17. The second-order valence-electron chi connectivity index (χ2n) is 6.19. The first-order valence-corrected chi connectivity index (χ1v) is 8.33. The Hall–Kier alpha value is -0.120. The molecule has 0 radical (unpaired) electrons. The second kappa shape index (κ2) is 9.73. The van der Waals surface area contributed by atoms with Crippen molar-refractivity contribution in [2.45, 2.75) is 65.0 Å². The highest BCUT2D eigenvalue weighted by atomic mass is 15.3. The molecule has 0 aromatic rings. The van der Waals surface area contributed by atoms with Crippen LogP contribution >= 0.6 is 0 Å². The molecule has 0 saturated carbocycles. The SMILES string of the molecule is CCCNC(C)CCCCN1CCN(C)C(CC)C1. The Balaban J connectivity index is 2.06. The number of nitrogens with zero attached hydrogens (tertiary/aromatic N) is 2. The quantitative estimate of drug-likeness (QED) is 0.649. The Bertz CT molecular complexity index is 220. The van der Waals surface area contributed by atoms with Crippen molar-refractivity contribution in [1.29, 1.82) is 0 Å². The number of rotatable bonds is 9. The molecular formula is C16H35N3. The van der Waals surface area contributed by atoms with Crippen LogP contribution in [0.15, 0.2) is 0 Å². The average molecular weight is 269 g/mol. The maximum absolute atomic E-state index is 3.57. The number of hydrogen-bond acceptors (Lipinski definition) is 3. The third kappa shape index (κ3) is 6.73. The van der Waals surface area contributed by atoms with Crippen LogP contribution in [0.2, 0.25) is 0 Å². The molecule has 0 amide bonds. The smallest absolute Gasteiger partial charge is 0.0218 e. The molecule has 1 aliphatic rings. The van der Waals surface area contributed by atoms with Gasteiger partial charge in [-0.1, -0.05) is 20.3 Å². The van der Waals surface area contributed by atoms with Gasteiger partial charge in [0.1, 0.15) is 0 Å². The van der Waals surface area contributed by atoms with Gasteiger partial charge in [0.2, 0.25) is 0 Å². The minimum atomic E-state index is 0.691. The number of nitrogens with one attached hydrogen (secondary N) is 1. The predicted octanol–water partition coefficient (Wildman–Crippen LogP) is 2.57. The van der Waals surface area contributed by atoms with E-state index in [9.17, 15) is 0 Å². The normalized spacial score (nSPS) is 23.7. The maximum Gasteiger partial charge on any atom is 0.0218 e. The Morgan fingerprint density at radius 3 is 2.68 bits per heavy atom. The van der Waals surface area contributed by atoms with Crippen molar-refractivity contribution in [2.24, 2.45) is 0 Å². The number of piperazine rings is 1. The van der Waals surface area contributed by atoms with Gasteiger partial charge in [-0.15, -0.1) is 0 Å². The van der Waals surface area contributed by atoms with Crippen molar-refractivity contribution in [2.75, 3.05) is 39.8 Å². The lowest BCUT2D eigenvalue weighted by atomic mass is 10.1. The lowest BCUT2D eigenvalue weighted by Crippen LogP contribution is -2.51. The van der Waals surface area contributed by atoms with Crippen LogP contribution in [0.4, 0.5) is 0 Å². The van der Waals surface area contributed by atoms with Gasteiger partial charge in [0.15, 0.2) is 0 Å². The third-order valence-corrected chi connectivity index (χ3v) is 4.44. The van der Waals surface area contributed by atoms with E-state index in [1.807, 2.05) is 0 Å². The van der Waals surface area contributed by atoms with Gasteiger partial charge in [-0.25, -0.2) is 0 Å². The van der Waals surface area contributed by atoms with E-state index in [2.05, 4.69) is 42.9 Å². The first-order valence-electron chi connectivity index (χ1n) is 8.33. The summed E-state index contributed by atoms with van der Waals surface area (Å²) in [5.41, 5.74) is 0. The van der Waals surface area contributed by atoms with Crippen LogP contribution in [0, 0.1) is 0 Å². The molecular weight excluding hydrogens is 234 g/mol. The summed E-state index contributed by atoms with van der Waals surface area (Å²) in [6, 6.07) is 1.47. The van der Waals surface area contributed by atoms with Crippen molar-refractivity contribution >= 4 is 0 Å². The number of likely N-dealkylation sites (N-methyl/N-ethyl adjacent to an activating group) is 1. The molecule has 1 aliphatic heterocycles. The zero-order valence-electron chi connectivity index (χ0n) is 13.6. The third-order valence-electron chi connectivity index (χ3n) is 4.44. The Labute approximate surface area is 120 Å². The van der Waals surface area contributed by atoms with Gasteiger partial charge < -0.3 is 15.1 Å². The Morgan fingerprint density at radius 1 is 1.21 bits per heavy atom. The van der Waals surface area contributed by atoms with E-state index >= 15 is 0 Å². The van der Waals surface area contributed by atoms with Gasteiger partial charge in [0.25, 0.3) is 0 Å². The summed E-state index contributed by atoms with van der Waals surface area (Å²) < 4.78 is 0. The standard InChI is InChI=1S/C16H35N3/c1-5-10-17-15(3)9-7-8-11-19-13-12-18(4)16(6-2)14-19/h15-17H,5-14H2,1-4H3. The van der Waals surface area contributed by atoms with Crippen LogP contribution in [0.1, 0.15) is 52.9 Å². The fourth-order valence-corrected chi connectivity index (χ4v) is 2.93. The van der Waals surface area contributed by atoms with Gasteiger partial charge >= 0.3 is 0 Å². The van der Waals surface area contributed by atoms with E-state index < -0.39 is 0 Å². The number of hydrogen-bond donors (Lipinski definition) is 1. The minimum Gasteiger partial charge on any atom is -0.314 e. The van der Waals surface area contributed by atoms with Gasteiger partial charge in [0.05, 0.1) is 0 Å².